The van der Waals surface area contributed by atoms with Gasteiger partial charge in [-0.3, -0.25) is 4.79 Å². The monoisotopic (exact) mass is 244 g/mol. The van der Waals surface area contributed by atoms with Crippen molar-refractivity contribution >= 4 is 24.0 Å². The van der Waals surface area contributed by atoms with Gasteiger partial charge in [0.05, 0.1) is 11.2 Å². The number of amides is 1. The van der Waals surface area contributed by atoms with Crippen molar-refractivity contribution in [2.75, 3.05) is 5.32 Å². The van der Waals surface area contributed by atoms with Crippen LogP contribution in [0.25, 0.3) is 0 Å². The molecule has 0 atom stereocenters. The number of hydrogen-bond donors (Lipinski definition) is 3. The summed E-state index contributed by atoms with van der Waals surface area (Å²) in [5.74, 6) is -0.290. The van der Waals surface area contributed by atoms with Crippen molar-refractivity contribution < 1.29 is 9.90 Å². The number of anilines is 1. The number of carbonyl (C=O) groups excluding carboxylic acids is 1. The fourth-order valence-corrected chi connectivity index (χ4v) is 1.03. The predicted octanol–water partition coefficient (Wildman–Crippen LogP) is 1.80. The van der Waals surface area contributed by atoms with Crippen LogP contribution < -0.4 is 11.1 Å². The minimum absolute atomic E-state index is 0. The van der Waals surface area contributed by atoms with Crippen LogP contribution in [-0.4, -0.2) is 16.6 Å². The van der Waals surface area contributed by atoms with Crippen molar-refractivity contribution in [1.82, 2.24) is 0 Å². The number of benzene rings is 1. The van der Waals surface area contributed by atoms with Crippen LogP contribution in [0.2, 0.25) is 0 Å². The summed E-state index contributed by atoms with van der Waals surface area (Å²) < 4.78 is 0. The van der Waals surface area contributed by atoms with Gasteiger partial charge in [-0.1, -0.05) is 6.07 Å². The molecule has 0 fully saturated rings. The topological polar surface area (TPSA) is 75.3 Å². The van der Waals surface area contributed by atoms with Crippen LogP contribution >= 0.6 is 12.4 Å². The lowest BCUT2D eigenvalue weighted by molar-refractivity contribution is -0.120. The summed E-state index contributed by atoms with van der Waals surface area (Å²) in [7, 11) is 0. The van der Waals surface area contributed by atoms with Gasteiger partial charge >= 0.3 is 0 Å². The largest absolute Gasteiger partial charge is 0.506 e. The first-order valence-electron chi connectivity index (χ1n) is 4.70. The number of carbonyl (C=O) groups is 1. The van der Waals surface area contributed by atoms with E-state index >= 15 is 0 Å². The van der Waals surface area contributed by atoms with Gasteiger partial charge < -0.3 is 16.2 Å². The number of halogens is 1. The number of hydrogen-bond acceptors (Lipinski definition) is 3. The third-order valence-electron chi connectivity index (χ3n) is 1.99. The van der Waals surface area contributed by atoms with Crippen LogP contribution in [0.4, 0.5) is 5.69 Å². The average Bonchev–Trinajstić information content (AvgIpc) is 2.09. The molecule has 1 aromatic rings. The Balaban J connectivity index is 0.00000225. The Morgan fingerprint density at radius 2 is 2.00 bits per heavy atom. The molecule has 0 unspecified atom stereocenters. The van der Waals surface area contributed by atoms with Gasteiger partial charge in [0.2, 0.25) is 5.91 Å². The van der Waals surface area contributed by atoms with Crippen molar-refractivity contribution in [2.45, 2.75) is 26.3 Å². The molecule has 1 aromatic carbocycles. The van der Waals surface area contributed by atoms with Crippen LogP contribution in [0.5, 0.6) is 5.75 Å². The number of aromatic hydroxyl groups is 1. The molecule has 5 heteroatoms. The van der Waals surface area contributed by atoms with Crippen molar-refractivity contribution in [1.29, 1.82) is 0 Å². The highest BCUT2D eigenvalue weighted by atomic mass is 35.5. The summed E-state index contributed by atoms with van der Waals surface area (Å²) in [6.07, 6.45) is 0. The summed E-state index contributed by atoms with van der Waals surface area (Å²) in [5.41, 5.74) is 6.00. The van der Waals surface area contributed by atoms with E-state index in [1.165, 1.54) is 6.07 Å². The molecule has 0 heterocycles. The van der Waals surface area contributed by atoms with E-state index in [2.05, 4.69) is 5.32 Å². The second-order valence-electron chi connectivity index (χ2n) is 4.20. The molecule has 16 heavy (non-hydrogen) atoms. The Bertz CT molecular complexity index is 386. The highest BCUT2D eigenvalue weighted by molar-refractivity contribution is 5.98. The fourth-order valence-electron chi connectivity index (χ4n) is 1.03. The first kappa shape index (κ1) is 14.7. The molecular formula is C11H17ClN2O2. The molecule has 0 aromatic heterocycles. The maximum absolute atomic E-state index is 11.6. The third-order valence-corrected chi connectivity index (χ3v) is 1.99. The Morgan fingerprint density at radius 1 is 1.44 bits per heavy atom. The smallest absolute Gasteiger partial charge is 0.243 e. The van der Waals surface area contributed by atoms with Crippen LogP contribution in [0, 0.1) is 6.92 Å². The average molecular weight is 245 g/mol. The van der Waals surface area contributed by atoms with E-state index in [9.17, 15) is 9.90 Å². The van der Waals surface area contributed by atoms with Gasteiger partial charge in [0.1, 0.15) is 5.75 Å². The summed E-state index contributed by atoms with van der Waals surface area (Å²) in [4.78, 5) is 11.6. The predicted molar refractivity (Wildman–Crippen MR) is 67.0 cm³/mol. The van der Waals surface area contributed by atoms with E-state index in [1.54, 1.807) is 26.0 Å². The first-order chi connectivity index (χ1) is 6.80. The lowest BCUT2D eigenvalue weighted by Gasteiger charge is -2.18. The Kier molecular flexibility index (Phi) is 4.78. The molecule has 0 aliphatic rings. The molecule has 0 bridgehead atoms. The van der Waals surface area contributed by atoms with Gasteiger partial charge in [-0.2, -0.15) is 0 Å². The number of phenolic OH excluding ortho intramolecular Hbond substituents is 1. The minimum atomic E-state index is -0.962. The molecule has 0 radical (unpaired) electrons. The standard InChI is InChI=1S/C11H16N2O2.ClH/c1-7-4-5-9(14)8(6-7)13-10(15)11(2,3)12;/h4-6,14H,12H2,1-3H3,(H,13,15);1H. The zero-order valence-corrected chi connectivity index (χ0v) is 10.4. The molecule has 0 saturated carbocycles. The Hall–Kier alpha value is -1.26. The summed E-state index contributed by atoms with van der Waals surface area (Å²) in [6.45, 7) is 5.09. The second kappa shape index (κ2) is 5.18. The van der Waals surface area contributed by atoms with Gasteiger partial charge in [0.15, 0.2) is 0 Å². The van der Waals surface area contributed by atoms with E-state index in [0.717, 1.165) is 5.56 Å². The summed E-state index contributed by atoms with van der Waals surface area (Å²) in [6, 6.07) is 4.99. The van der Waals surface area contributed by atoms with Crippen LogP contribution in [0.3, 0.4) is 0 Å². The van der Waals surface area contributed by atoms with Crippen molar-refractivity contribution in [3.05, 3.63) is 23.8 Å². The molecule has 4 nitrogen and oxygen atoms in total. The summed E-state index contributed by atoms with van der Waals surface area (Å²) in [5, 5.41) is 12.1. The van der Waals surface area contributed by atoms with Crippen LogP contribution in [0.15, 0.2) is 18.2 Å². The van der Waals surface area contributed by atoms with Crippen molar-refractivity contribution in [2.24, 2.45) is 5.73 Å². The van der Waals surface area contributed by atoms with E-state index in [1.807, 2.05) is 6.92 Å². The molecule has 1 amide bonds. The zero-order valence-electron chi connectivity index (χ0n) is 9.57. The number of aryl methyl sites for hydroxylation is 1. The van der Waals surface area contributed by atoms with Gasteiger partial charge in [-0.25, -0.2) is 0 Å². The van der Waals surface area contributed by atoms with Crippen LogP contribution in [0.1, 0.15) is 19.4 Å². The maximum atomic E-state index is 11.6. The molecule has 0 saturated heterocycles. The van der Waals surface area contributed by atoms with Gasteiger partial charge in [0.25, 0.3) is 0 Å². The van der Waals surface area contributed by atoms with E-state index < -0.39 is 5.54 Å². The quantitative estimate of drug-likeness (QED) is 0.695. The minimum Gasteiger partial charge on any atom is -0.506 e. The number of rotatable bonds is 2. The van der Waals surface area contributed by atoms with Crippen molar-refractivity contribution in [3.63, 3.8) is 0 Å². The molecule has 90 valence electrons. The Labute approximate surface area is 101 Å². The van der Waals surface area contributed by atoms with Crippen molar-refractivity contribution in [3.8, 4) is 5.75 Å². The van der Waals surface area contributed by atoms with E-state index in [4.69, 9.17) is 5.73 Å². The highest BCUT2D eigenvalue weighted by Gasteiger charge is 2.22. The van der Waals surface area contributed by atoms with Crippen LogP contribution in [-0.2, 0) is 4.79 Å². The Morgan fingerprint density at radius 3 is 2.50 bits per heavy atom. The van der Waals surface area contributed by atoms with Gasteiger partial charge in [-0.15, -0.1) is 12.4 Å². The third kappa shape index (κ3) is 3.72. The second-order valence-corrected chi connectivity index (χ2v) is 4.20. The lowest BCUT2D eigenvalue weighted by atomic mass is 10.1. The lowest BCUT2D eigenvalue weighted by Crippen LogP contribution is -2.45. The van der Waals surface area contributed by atoms with E-state index in [0.29, 0.717) is 5.69 Å². The molecule has 4 N–H and O–H groups in total. The number of phenols is 1. The van der Waals surface area contributed by atoms with Gasteiger partial charge in [-0.05, 0) is 38.5 Å². The SMILES string of the molecule is Cc1ccc(O)c(NC(=O)C(C)(C)N)c1.Cl. The number of nitrogens with two attached hydrogens (primary N) is 1. The van der Waals surface area contributed by atoms with Gasteiger partial charge in [0, 0.05) is 0 Å². The molecule has 0 aliphatic carbocycles. The normalized spacial score (nSPS) is 10.5. The highest BCUT2D eigenvalue weighted by Crippen LogP contribution is 2.24. The van der Waals surface area contributed by atoms with E-state index in [-0.39, 0.29) is 24.1 Å². The molecule has 0 spiro atoms. The maximum Gasteiger partial charge on any atom is 0.243 e. The molecule has 1 rings (SSSR count). The fraction of sp³-hybridized carbons (Fsp3) is 0.364. The first-order valence-corrected chi connectivity index (χ1v) is 4.70. The zero-order chi connectivity index (χ0) is 11.6. The molecule has 0 aliphatic heterocycles. The number of nitrogens with one attached hydrogen (secondary N) is 1. The summed E-state index contributed by atoms with van der Waals surface area (Å²) >= 11 is 0. The molecular weight excluding hydrogens is 228 g/mol.